The van der Waals surface area contributed by atoms with Gasteiger partial charge in [-0.1, -0.05) is 71.9 Å². The number of carbonyl (C=O) groups is 1. The van der Waals surface area contributed by atoms with Crippen molar-refractivity contribution in [3.8, 4) is 0 Å². The van der Waals surface area contributed by atoms with Gasteiger partial charge in [-0.15, -0.1) is 0 Å². The van der Waals surface area contributed by atoms with E-state index in [1.807, 2.05) is 19.1 Å². The highest BCUT2D eigenvalue weighted by molar-refractivity contribution is 5.81. The fraction of sp³-hybridized carbons (Fsp3) is 0.519. The number of rotatable bonds is 3. The van der Waals surface area contributed by atoms with Crippen molar-refractivity contribution in [3.63, 3.8) is 0 Å². The highest BCUT2D eigenvalue weighted by Crippen LogP contribution is 2.51. The lowest BCUT2D eigenvalue weighted by molar-refractivity contribution is -0.131. The van der Waals surface area contributed by atoms with Crippen LogP contribution in [0.5, 0.6) is 0 Å². The van der Waals surface area contributed by atoms with E-state index in [0.717, 1.165) is 18.4 Å². The van der Waals surface area contributed by atoms with E-state index in [1.54, 1.807) is 0 Å². The number of hydrogen-bond donors (Lipinski definition) is 1. The molecular formula is C27H36O2. The van der Waals surface area contributed by atoms with Crippen LogP contribution >= 0.6 is 0 Å². The summed E-state index contributed by atoms with van der Waals surface area (Å²) in [5, 5.41) is 8.90. The summed E-state index contributed by atoms with van der Waals surface area (Å²) in [4.78, 5) is 10.8. The van der Waals surface area contributed by atoms with Crippen LogP contribution in [-0.2, 0) is 21.0 Å². The standard InChI is InChI=1S/C27H36O2/c1-18(15-24(28)29)9-8-10-19-11-12-25(2,3)21-17-23-22(16-20(19)21)26(4,5)13-14-27(23,6)7/h8-10,15-17H,11-14H2,1-7H3,(H,28,29)/b9-8+,18-15+,19-10+. The van der Waals surface area contributed by atoms with Crippen molar-refractivity contribution in [3.05, 3.63) is 64.3 Å². The summed E-state index contributed by atoms with van der Waals surface area (Å²) in [5.74, 6) is -0.902. The molecule has 2 nitrogen and oxygen atoms in total. The van der Waals surface area contributed by atoms with Gasteiger partial charge in [0, 0.05) is 6.08 Å². The molecule has 1 N–H and O–H groups in total. The Morgan fingerprint density at radius 1 is 0.897 bits per heavy atom. The molecule has 0 spiro atoms. The number of hydrogen-bond acceptors (Lipinski definition) is 1. The Labute approximate surface area is 176 Å². The molecule has 0 atom stereocenters. The van der Waals surface area contributed by atoms with Crippen LogP contribution in [0, 0.1) is 0 Å². The summed E-state index contributed by atoms with van der Waals surface area (Å²) in [6.45, 7) is 16.1. The van der Waals surface area contributed by atoms with Gasteiger partial charge in [0.2, 0.25) is 0 Å². The molecule has 0 saturated heterocycles. The summed E-state index contributed by atoms with van der Waals surface area (Å²) < 4.78 is 0. The summed E-state index contributed by atoms with van der Waals surface area (Å²) in [6, 6.07) is 4.99. The second-order valence-electron chi connectivity index (χ2n) is 10.9. The molecule has 2 aliphatic carbocycles. The van der Waals surface area contributed by atoms with E-state index < -0.39 is 5.97 Å². The van der Waals surface area contributed by atoms with Crippen LogP contribution in [0.25, 0.3) is 5.57 Å². The van der Waals surface area contributed by atoms with Crippen molar-refractivity contribution in [2.45, 2.75) is 90.4 Å². The molecule has 156 valence electrons. The first kappa shape index (κ1) is 21.6. The Bertz CT molecular complexity index is 920. The van der Waals surface area contributed by atoms with Gasteiger partial charge in [0.25, 0.3) is 0 Å². The smallest absolute Gasteiger partial charge is 0.328 e. The minimum Gasteiger partial charge on any atom is -0.478 e. The first-order valence-electron chi connectivity index (χ1n) is 10.8. The monoisotopic (exact) mass is 392 g/mol. The third kappa shape index (κ3) is 4.27. The maximum atomic E-state index is 10.8. The lowest BCUT2D eigenvalue weighted by Gasteiger charge is -2.44. The number of carboxylic acid groups (broad SMARTS) is 1. The molecular weight excluding hydrogens is 356 g/mol. The largest absolute Gasteiger partial charge is 0.478 e. The minimum absolute atomic E-state index is 0.169. The molecule has 0 saturated carbocycles. The van der Waals surface area contributed by atoms with Gasteiger partial charge in [0.1, 0.15) is 0 Å². The number of carboxylic acids is 1. The van der Waals surface area contributed by atoms with Crippen molar-refractivity contribution >= 4 is 11.5 Å². The molecule has 1 aromatic rings. The van der Waals surface area contributed by atoms with E-state index in [0.29, 0.717) is 0 Å². The van der Waals surface area contributed by atoms with Crippen molar-refractivity contribution in [2.75, 3.05) is 0 Å². The third-order valence-electron chi connectivity index (χ3n) is 7.09. The summed E-state index contributed by atoms with van der Waals surface area (Å²) in [7, 11) is 0. The second-order valence-corrected chi connectivity index (χ2v) is 10.9. The number of allylic oxidation sites excluding steroid dienone is 5. The molecule has 0 heterocycles. The fourth-order valence-corrected chi connectivity index (χ4v) is 4.89. The van der Waals surface area contributed by atoms with E-state index >= 15 is 0 Å². The van der Waals surface area contributed by atoms with Gasteiger partial charge >= 0.3 is 5.97 Å². The van der Waals surface area contributed by atoms with Crippen LogP contribution in [-0.4, -0.2) is 11.1 Å². The molecule has 1 aromatic carbocycles. The van der Waals surface area contributed by atoms with Crippen molar-refractivity contribution in [1.29, 1.82) is 0 Å². The van der Waals surface area contributed by atoms with Gasteiger partial charge in [-0.25, -0.2) is 4.79 Å². The van der Waals surface area contributed by atoms with Crippen LogP contribution in [0.3, 0.4) is 0 Å². The molecule has 29 heavy (non-hydrogen) atoms. The Kier molecular flexibility index (Phi) is 5.45. The van der Waals surface area contributed by atoms with Crippen LogP contribution in [0.2, 0.25) is 0 Å². The molecule has 2 aliphatic rings. The molecule has 0 bridgehead atoms. The fourth-order valence-electron chi connectivity index (χ4n) is 4.89. The quantitative estimate of drug-likeness (QED) is 0.441. The predicted octanol–water partition coefficient (Wildman–Crippen LogP) is 7.08. The zero-order valence-electron chi connectivity index (χ0n) is 19.1. The van der Waals surface area contributed by atoms with Gasteiger partial charge in [0.15, 0.2) is 0 Å². The topological polar surface area (TPSA) is 37.3 Å². The molecule has 3 rings (SSSR count). The van der Waals surface area contributed by atoms with Gasteiger partial charge in [-0.3, -0.25) is 0 Å². The molecule has 0 unspecified atom stereocenters. The normalized spacial score (nSPS) is 23.7. The van der Waals surface area contributed by atoms with Crippen molar-refractivity contribution in [2.24, 2.45) is 0 Å². The summed E-state index contributed by atoms with van der Waals surface area (Å²) in [5.41, 5.74) is 8.57. The zero-order valence-corrected chi connectivity index (χ0v) is 19.1. The van der Waals surface area contributed by atoms with Gasteiger partial charge in [0.05, 0.1) is 0 Å². The second kappa shape index (κ2) is 7.31. The van der Waals surface area contributed by atoms with Gasteiger partial charge in [-0.2, -0.15) is 0 Å². The van der Waals surface area contributed by atoms with E-state index in [2.05, 4.69) is 59.8 Å². The van der Waals surface area contributed by atoms with Crippen LogP contribution in [0.1, 0.15) is 96.4 Å². The Morgan fingerprint density at radius 2 is 1.45 bits per heavy atom. The number of aliphatic carboxylic acids is 1. The SMILES string of the molecule is CC(/C=C/C=C1\CCC(C)(C)c2cc3c(cc21)C(C)(C)CCC3(C)C)=C\C(=O)O. The Morgan fingerprint density at radius 3 is 2.03 bits per heavy atom. The number of benzene rings is 1. The maximum absolute atomic E-state index is 10.8. The van der Waals surface area contributed by atoms with E-state index in [1.165, 1.54) is 46.7 Å². The Hall–Kier alpha value is -2.09. The average Bonchev–Trinajstić information content (AvgIpc) is 2.60. The van der Waals surface area contributed by atoms with Crippen LogP contribution in [0.4, 0.5) is 0 Å². The van der Waals surface area contributed by atoms with E-state index in [4.69, 9.17) is 5.11 Å². The van der Waals surface area contributed by atoms with Crippen LogP contribution < -0.4 is 0 Å². The minimum atomic E-state index is -0.902. The highest BCUT2D eigenvalue weighted by Gasteiger charge is 2.40. The molecule has 0 radical (unpaired) electrons. The van der Waals surface area contributed by atoms with E-state index in [-0.39, 0.29) is 16.2 Å². The van der Waals surface area contributed by atoms with Crippen LogP contribution in [0.15, 0.2) is 42.0 Å². The van der Waals surface area contributed by atoms with Crippen molar-refractivity contribution in [1.82, 2.24) is 0 Å². The third-order valence-corrected chi connectivity index (χ3v) is 7.09. The molecule has 0 aliphatic heterocycles. The molecule has 2 heteroatoms. The first-order valence-corrected chi connectivity index (χ1v) is 10.8. The van der Waals surface area contributed by atoms with Gasteiger partial charge in [-0.05, 0) is 82.3 Å². The first-order chi connectivity index (χ1) is 13.3. The Balaban J connectivity index is 2.13. The summed E-state index contributed by atoms with van der Waals surface area (Å²) >= 11 is 0. The molecule has 0 fully saturated rings. The zero-order chi connectivity index (χ0) is 21.6. The number of fused-ring (bicyclic) bond motifs is 2. The molecule has 0 aromatic heterocycles. The maximum Gasteiger partial charge on any atom is 0.328 e. The van der Waals surface area contributed by atoms with Gasteiger partial charge < -0.3 is 5.11 Å². The predicted molar refractivity (Wildman–Crippen MR) is 122 cm³/mol. The summed E-state index contributed by atoms with van der Waals surface area (Å²) in [6.07, 6.45) is 11.9. The molecule has 0 amide bonds. The lowest BCUT2D eigenvalue weighted by atomic mass is 9.60. The lowest BCUT2D eigenvalue weighted by Crippen LogP contribution is -2.35. The highest BCUT2D eigenvalue weighted by atomic mass is 16.4. The average molecular weight is 393 g/mol. The van der Waals surface area contributed by atoms with Crippen molar-refractivity contribution < 1.29 is 9.90 Å². The van der Waals surface area contributed by atoms with E-state index in [9.17, 15) is 4.79 Å².